The number of anilines is 1. The van der Waals surface area contributed by atoms with Gasteiger partial charge in [-0.1, -0.05) is 0 Å². The fourth-order valence-corrected chi connectivity index (χ4v) is 2.41. The molecule has 1 aromatic heterocycles. The molecule has 0 saturated carbocycles. The average molecular weight is 267 g/mol. The molecule has 1 rings (SSSR count). The molecule has 0 aliphatic heterocycles. The molecule has 16 heavy (non-hydrogen) atoms. The number of rotatable bonds is 6. The van der Waals surface area contributed by atoms with Crippen molar-refractivity contribution in [2.75, 3.05) is 16.4 Å². The molecule has 0 aliphatic rings. The normalized spacial score (nSPS) is 11.4. The zero-order chi connectivity index (χ0) is 12.0. The van der Waals surface area contributed by atoms with Crippen LogP contribution in [0.25, 0.3) is 0 Å². The molecule has 90 valence electrons. The van der Waals surface area contributed by atoms with Gasteiger partial charge in [0, 0.05) is 5.88 Å². The van der Waals surface area contributed by atoms with Crippen LogP contribution in [-0.4, -0.2) is 25.0 Å². The minimum Gasteiger partial charge on any atom is -0.282 e. The van der Waals surface area contributed by atoms with Gasteiger partial charge in [0.25, 0.3) is 0 Å². The molecule has 1 aromatic rings. The van der Waals surface area contributed by atoms with Gasteiger partial charge < -0.3 is 0 Å². The van der Waals surface area contributed by atoms with Crippen LogP contribution in [-0.2, 0) is 10.0 Å². The largest absolute Gasteiger partial charge is 0.282 e. The molecule has 0 spiro atoms. The molecule has 4 nitrogen and oxygen atoms in total. The van der Waals surface area contributed by atoms with E-state index in [2.05, 4.69) is 9.71 Å². The standard InChI is InChI=1S/C9H12ClFN2O2S/c10-5-1-2-6-16(14,15)13-8-3-4-9(11)12-7-8/h3-4,7,13H,1-2,5-6H2. The number of alkyl halides is 1. The second-order valence-electron chi connectivity index (χ2n) is 3.19. The number of sulfonamides is 1. The number of aromatic nitrogens is 1. The molecule has 0 aliphatic carbocycles. The van der Waals surface area contributed by atoms with Crippen LogP contribution in [0.3, 0.4) is 0 Å². The van der Waals surface area contributed by atoms with Gasteiger partial charge in [0.05, 0.1) is 17.6 Å². The van der Waals surface area contributed by atoms with E-state index in [1.165, 1.54) is 6.07 Å². The van der Waals surface area contributed by atoms with Crippen molar-refractivity contribution < 1.29 is 12.8 Å². The van der Waals surface area contributed by atoms with Gasteiger partial charge in [-0.15, -0.1) is 11.6 Å². The predicted octanol–water partition coefficient (Wildman–Crippen LogP) is 1.98. The van der Waals surface area contributed by atoms with E-state index >= 15 is 0 Å². The van der Waals surface area contributed by atoms with Gasteiger partial charge in [-0.05, 0) is 25.0 Å². The first kappa shape index (κ1) is 13.2. The Balaban J connectivity index is 2.55. The third-order valence-electron chi connectivity index (χ3n) is 1.80. The first-order valence-electron chi connectivity index (χ1n) is 4.71. The van der Waals surface area contributed by atoms with Crippen molar-refractivity contribution in [1.29, 1.82) is 0 Å². The van der Waals surface area contributed by atoms with E-state index in [4.69, 9.17) is 11.6 Å². The molecule has 1 heterocycles. The monoisotopic (exact) mass is 266 g/mol. The average Bonchev–Trinajstić information content (AvgIpc) is 2.21. The third-order valence-corrected chi connectivity index (χ3v) is 3.44. The van der Waals surface area contributed by atoms with Gasteiger partial charge in [-0.2, -0.15) is 4.39 Å². The van der Waals surface area contributed by atoms with Crippen molar-refractivity contribution in [3.05, 3.63) is 24.3 Å². The highest BCUT2D eigenvalue weighted by atomic mass is 35.5. The van der Waals surface area contributed by atoms with Gasteiger partial charge in [0.15, 0.2) is 0 Å². The third kappa shape index (κ3) is 4.76. The minimum absolute atomic E-state index is 0.00288. The lowest BCUT2D eigenvalue weighted by Gasteiger charge is -2.06. The minimum atomic E-state index is -3.39. The Labute approximate surface area is 98.9 Å². The highest BCUT2D eigenvalue weighted by Crippen LogP contribution is 2.09. The number of nitrogens with one attached hydrogen (secondary N) is 1. The fourth-order valence-electron chi connectivity index (χ4n) is 1.05. The Kier molecular flexibility index (Phi) is 4.95. The van der Waals surface area contributed by atoms with Gasteiger partial charge in [0.1, 0.15) is 0 Å². The Morgan fingerprint density at radius 1 is 1.38 bits per heavy atom. The van der Waals surface area contributed by atoms with E-state index in [-0.39, 0.29) is 11.4 Å². The summed E-state index contributed by atoms with van der Waals surface area (Å²) >= 11 is 5.44. The molecule has 0 saturated heterocycles. The summed E-state index contributed by atoms with van der Waals surface area (Å²) in [7, 11) is -3.39. The van der Waals surface area contributed by atoms with Crippen LogP contribution in [0.4, 0.5) is 10.1 Å². The Bertz CT molecular complexity index is 422. The van der Waals surface area contributed by atoms with Crippen molar-refractivity contribution in [3.8, 4) is 0 Å². The molecule has 0 amide bonds. The molecular weight excluding hydrogens is 255 g/mol. The molecule has 0 aromatic carbocycles. The highest BCUT2D eigenvalue weighted by Gasteiger charge is 2.09. The maximum Gasteiger partial charge on any atom is 0.232 e. The van der Waals surface area contributed by atoms with E-state index in [0.717, 1.165) is 12.3 Å². The highest BCUT2D eigenvalue weighted by molar-refractivity contribution is 7.92. The van der Waals surface area contributed by atoms with Gasteiger partial charge >= 0.3 is 0 Å². The Morgan fingerprint density at radius 2 is 2.12 bits per heavy atom. The van der Waals surface area contributed by atoms with Gasteiger partial charge in [-0.3, -0.25) is 4.72 Å². The fraction of sp³-hybridized carbons (Fsp3) is 0.444. The molecule has 0 unspecified atom stereocenters. The number of unbranched alkanes of at least 4 members (excludes halogenated alkanes) is 1. The van der Waals surface area contributed by atoms with Crippen molar-refractivity contribution >= 4 is 27.3 Å². The lowest BCUT2D eigenvalue weighted by molar-refractivity contribution is 0.583. The van der Waals surface area contributed by atoms with Crippen LogP contribution < -0.4 is 4.72 Å². The van der Waals surface area contributed by atoms with E-state index in [0.29, 0.717) is 18.7 Å². The topological polar surface area (TPSA) is 59.1 Å². The quantitative estimate of drug-likeness (QED) is 0.487. The number of halogens is 2. The Hall–Kier alpha value is -0.880. The van der Waals surface area contributed by atoms with E-state index in [1.807, 2.05) is 0 Å². The molecule has 0 bridgehead atoms. The second-order valence-corrected chi connectivity index (χ2v) is 5.41. The van der Waals surface area contributed by atoms with Crippen LogP contribution in [0.2, 0.25) is 0 Å². The lowest BCUT2D eigenvalue weighted by Crippen LogP contribution is -2.16. The van der Waals surface area contributed by atoms with Crippen LogP contribution in [0.1, 0.15) is 12.8 Å². The van der Waals surface area contributed by atoms with E-state index in [1.54, 1.807) is 0 Å². The first-order chi connectivity index (χ1) is 7.53. The lowest BCUT2D eigenvalue weighted by atomic mass is 10.4. The molecular formula is C9H12ClFN2O2S. The summed E-state index contributed by atoms with van der Waals surface area (Å²) in [6.07, 6.45) is 2.27. The zero-order valence-electron chi connectivity index (χ0n) is 8.49. The summed E-state index contributed by atoms with van der Waals surface area (Å²) in [6.45, 7) is 0. The van der Waals surface area contributed by atoms with Crippen molar-refractivity contribution in [1.82, 2.24) is 4.98 Å². The van der Waals surface area contributed by atoms with E-state index < -0.39 is 16.0 Å². The maximum absolute atomic E-state index is 12.5. The number of hydrogen-bond acceptors (Lipinski definition) is 3. The maximum atomic E-state index is 12.5. The van der Waals surface area contributed by atoms with Gasteiger partial charge in [0.2, 0.25) is 16.0 Å². The summed E-state index contributed by atoms with van der Waals surface area (Å²) in [6, 6.07) is 2.41. The zero-order valence-corrected chi connectivity index (χ0v) is 10.1. The van der Waals surface area contributed by atoms with Crippen molar-refractivity contribution in [2.45, 2.75) is 12.8 Å². The number of hydrogen-bond donors (Lipinski definition) is 1. The van der Waals surface area contributed by atoms with Gasteiger partial charge in [-0.25, -0.2) is 13.4 Å². The summed E-state index contributed by atoms with van der Waals surface area (Å²) in [5, 5.41) is 0. The smallest absolute Gasteiger partial charge is 0.232 e. The van der Waals surface area contributed by atoms with Crippen molar-refractivity contribution in [3.63, 3.8) is 0 Å². The van der Waals surface area contributed by atoms with Crippen molar-refractivity contribution in [2.24, 2.45) is 0 Å². The molecule has 1 N–H and O–H groups in total. The van der Waals surface area contributed by atoms with Crippen LogP contribution >= 0.6 is 11.6 Å². The summed E-state index contributed by atoms with van der Waals surface area (Å²) in [5.41, 5.74) is 0.257. The molecule has 0 radical (unpaired) electrons. The first-order valence-corrected chi connectivity index (χ1v) is 6.90. The number of pyridine rings is 1. The number of nitrogens with zero attached hydrogens (tertiary/aromatic N) is 1. The molecule has 0 fully saturated rings. The second kappa shape index (κ2) is 6.00. The molecule has 0 atom stereocenters. The van der Waals surface area contributed by atoms with Crippen LogP contribution in [0, 0.1) is 5.95 Å². The molecule has 7 heteroatoms. The van der Waals surface area contributed by atoms with Crippen LogP contribution in [0.15, 0.2) is 18.3 Å². The Morgan fingerprint density at radius 3 is 2.69 bits per heavy atom. The SMILES string of the molecule is O=S(=O)(CCCCCl)Nc1ccc(F)nc1. The summed E-state index contributed by atoms with van der Waals surface area (Å²) < 4.78 is 37.7. The summed E-state index contributed by atoms with van der Waals surface area (Å²) in [4.78, 5) is 3.35. The van der Waals surface area contributed by atoms with Crippen LogP contribution in [0.5, 0.6) is 0 Å². The van der Waals surface area contributed by atoms with E-state index in [9.17, 15) is 12.8 Å². The predicted molar refractivity (Wildman–Crippen MR) is 61.6 cm³/mol. The summed E-state index contributed by atoms with van der Waals surface area (Å²) in [5.74, 6) is -0.213.